The zero-order valence-electron chi connectivity index (χ0n) is 10.2. The van der Waals surface area contributed by atoms with Gasteiger partial charge < -0.3 is 9.64 Å². The highest BCUT2D eigenvalue weighted by Crippen LogP contribution is 2.25. The third-order valence-corrected chi connectivity index (χ3v) is 3.96. The van der Waals surface area contributed by atoms with E-state index in [4.69, 9.17) is 4.74 Å². The molecular formula is C13H15BrFNO2. The van der Waals surface area contributed by atoms with E-state index < -0.39 is 5.82 Å². The van der Waals surface area contributed by atoms with E-state index in [9.17, 15) is 9.18 Å². The van der Waals surface area contributed by atoms with Crippen molar-refractivity contribution < 1.29 is 13.9 Å². The first-order valence-corrected chi connectivity index (χ1v) is 6.65. The number of amides is 1. The van der Waals surface area contributed by atoms with Gasteiger partial charge in [0.1, 0.15) is 5.82 Å². The molecule has 0 spiro atoms. The largest absolute Gasteiger partial charge is 0.384 e. The fourth-order valence-corrected chi connectivity index (χ4v) is 2.66. The normalized spacial score (nSPS) is 19.3. The van der Waals surface area contributed by atoms with E-state index in [1.165, 1.54) is 6.07 Å². The average molecular weight is 316 g/mol. The molecular weight excluding hydrogens is 301 g/mol. The Labute approximate surface area is 114 Å². The maximum Gasteiger partial charge on any atom is 0.255 e. The molecule has 1 aromatic carbocycles. The van der Waals surface area contributed by atoms with Gasteiger partial charge in [0.25, 0.3) is 5.91 Å². The average Bonchev–Trinajstić information content (AvgIpc) is 2.81. The van der Waals surface area contributed by atoms with Crippen molar-refractivity contribution in [1.82, 2.24) is 4.90 Å². The number of halogens is 2. The Morgan fingerprint density at radius 2 is 2.39 bits per heavy atom. The van der Waals surface area contributed by atoms with Crippen LogP contribution < -0.4 is 0 Å². The maximum absolute atomic E-state index is 13.4. The van der Waals surface area contributed by atoms with E-state index in [2.05, 4.69) is 15.9 Å². The third kappa shape index (κ3) is 2.72. The molecule has 5 heteroatoms. The number of benzene rings is 1. The zero-order valence-corrected chi connectivity index (χ0v) is 11.7. The predicted octanol–water partition coefficient (Wildman–Crippen LogP) is 2.70. The minimum atomic E-state index is -0.409. The third-order valence-electron chi connectivity index (χ3n) is 3.16. The molecule has 1 amide bonds. The molecule has 0 radical (unpaired) electrons. The highest BCUT2D eigenvalue weighted by atomic mass is 79.9. The number of ether oxygens (including phenoxy) is 1. The van der Waals surface area contributed by atoms with Crippen molar-refractivity contribution in [2.24, 2.45) is 5.92 Å². The van der Waals surface area contributed by atoms with Gasteiger partial charge in [0.05, 0.1) is 16.6 Å². The topological polar surface area (TPSA) is 29.5 Å². The summed E-state index contributed by atoms with van der Waals surface area (Å²) in [7, 11) is 1.66. The lowest BCUT2D eigenvalue weighted by atomic mass is 10.1. The van der Waals surface area contributed by atoms with Crippen molar-refractivity contribution in [2.75, 3.05) is 26.8 Å². The standard InChI is InChI=1S/C13H15BrFNO2/c1-18-8-9-5-6-16(7-9)13(17)10-3-2-4-11(15)12(10)14/h2-4,9H,5-8H2,1H3. The van der Waals surface area contributed by atoms with Crippen LogP contribution >= 0.6 is 15.9 Å². The summed E-state index contributed by atoms with van der Waals surface area (Å²) in [6.07, 6.45) is 0.937. The van der Waals surface area contributed by atoms with Crippen molar-refractivity contribution >= 4 is 21.8 Å². The summed E-state index contributed by atoms with van der Waals surface area (Å²) < 4.78 is 18.7. The van der Waals surface area contributed by atoms with Crippen molar-refractivity contribution in [3.63, 3.8) is 0 Å². The van der Waals surface area contributed by atoms with Crippen LogP contribution in [-0.4, -0.2) is 37.6 Å². The second-order valence-electron chi connectivity index (χ2n) is 4.46. The van der Waals surface area contributed by atoms with Crippen molar-refractivity contribution in [3.8, 4) is 0 Å². The molecule has 3 nitrogen and oxygen atoms in total. The molecule has 1 fully saturated rings. The molecule has 0 bridgehead atoms. The lowest BCUT2D eigenvalue weighted by molar-refractivity contribution is 0.0774. The molecule has 98 valence electrons. The van der Waals surface area contributed by atoms with E-state index in [-0.39, 0.29) is 10.4 Å². The van der Waals surface area contributed by atoms with Crippen LogP contribution in [0.5, 0.6) is 0 Å². The van der Waals surface area contributed by atoms with E-state index in [1.807, 2.05) is 0 Å². The van der Waals surface area contributed by atoms with Gasteiger partial charge in [0.15, 0.2) is 0 Å². The summed E-state index contributed by atoms with van der Waals surface area (Å²) in [5, 5.41) is 0. The van der Waals surface area contributed by atoms with Crippen LogP contribution in [0.1, 0.15) is 16.8 Å². The molecule has 1 heterocycles. The Kier molecular flexibility index (Phi) is 4.35. The molecule has 0 N–H and O–H groups in total. The number of carbonyl (C=O) groups excluding carboxylic acids is 1. The molecule has 2 rings (SSSR count). The number of methoxy groups -OCH3 is 1. The number of hydrogen-bond donors (Lipinski definition) is 0. The summed E-state index contributed by atoms with van der Waals surface area (Å²) in [4.78, 5) is 14.0. The zero-order chi connectivity index (χ0) is 13.1. The van der Waals surface area contributed by atoms with Gasteiger partial charge in [0.2, 0.25) is 0 Å². The van der Waals surface area contributed by atoms with Gasteiger partial charge in [-0.15, -0.1) is 0 Å². The second kappa shape index (κ2) is 5.80. The number of nitrogens with zero attached hydrogens (tertiary/aromatic N) is 1. The first-order chi connectivity index (χ1) is 8.63. The molecule has 0 saturated carbocycles. The minimum absolute atomic E-state index is 0.125. The quantitative estimate of drug-likeness (QED) is 0.858. The summed E-state index contributed by atoms with van der Waals surface area (Å²) in [5.74, 6) is -0.153. The number of likely N-dealkylation sites (tertiary alicyclic amines) is 1. The molecule has 1 aromatic rings. The molecule has 1 unspecified atom stereocenters. The van der Waals surface area contributed by atoms with Crippen molar-refractivity contribution in [1.29, 1.82) is 0 Å². The van der Waals surface area contributed by atoms with Gasteiger partial charge in [0, 0.05) is 26.1 Å². The highest BCUT2D eigenvalue weighted by Gasteiger charge is 2.28. The Balaban J connectivity index is 2.11. The number of carbonyl (C=O) groups is 1. The van der Waals surface area contributed by atoms with Gasteiger partial charge >= 0.3 is 0 Å². The van der Waals surface area contributed by atoms with Gasteiger partial charge in [-0.2, -0.15) is 0 Å². The monoisotopic (exact) mass is 315 g/mol. The minimum Gasteiger partial charge on any atom is -0.384 e. The first-order valence-electron chi connectivity index (χ1n) is 5.85. The molecule has 1 aliphatic rings. The summed E-state index contributed by atoms with van der Waals surface area (Å²) in [6, 6.07) is 4.52. The molecule has 1 atom stereocenters. The van der Waals surface area contributed by atoms with Crippen LogP contribution in [-0.2, 0) is 4.74 Å². The van der Waals surface area contributed by atoms with Gasteiger partial charge in [-0.3, -0.25) is 4.79 Å². The molecule has 0 aromatic heterocycles. The van der Waals surface area contributed by atoms with E-state index in [1.54, 1.807) is 24.1 Å². The summed E-state index contributed by atoms with van der Waals surface area (Å²) in [6.45, 7) is 2.04. The lowest BCUT2D eigenvalue weighted by Gasteiger charge is -2.17. The van der Waals surface area contributed by atoms with Gasteiger partial charge in [-0.05, 0) is 34.5 Å². The number of rotatable bonds is 3. The SMILES string of the molecule is COCC1CCN(C(=O)c2cccc(F)c2Br)C1. The summed E-state index contributed by atoms with van der Waals surface area (Å²) >= 11 is 3.13. The molecule has 1 aliphatic heterocycles. The Hall–Kier alpha value is -0.940. The van der Waals surface area contributed by atoms with Crippen molar-refractivity contribution in [2.45, 2.75) is 6.42 Å². The molecule has 18 heavy (non-hydrogen) atoms. The number of hydrogen-bond acceptors (Lipinski definition) is 2. The Morgan fingerprint density at radius 3 is 3.11 bits per heavy atom. The van der Waals surface area contributed by atoms with Crippen LogP contribution in [0, 0.1) is 11.7 Å². The fourth-order valence-electron chi connectivity index (χ4n) is 2.23. The second-order valence-corrected chi connectivity index (χ2v) is 5.26. The van der Waals surface area contributed by atoms with Crippen LogP contribution in [0.4, 0.5) is 4.39 Å². The molecule has 1 saturated heterocycles. The van der Waals surface area contributed by atoms with Crippen LogP contribution in [0.2, 0.25) is 0 Å². The van der Waals surface area contributed by atoms with E-state index in [0.717, 1.165) is 6.42 Å². The van der Waals surface area contributed by atoms with Gasteiger partial charge in [-0.25, -0.2) is 4.39 Å². The van der Waals surface area contributed by atoms with Gasteiger partial charge in [-0.1, -0.05) is 6.07 Å². The highest BCUT2D eigenvalue weighted by molar-refractivity contribution is 9.10. The van der Waals surface area contributed by atoms with E-state index >= 15 is 0 Å². The van der Waals surface area contributed by atoms with Crippen LogP contribution in [0.25, 0.3) is 0 Å². The smallest absolute Gasteiger partial charge is 0.255 e. The Bertz CT molecular complexity index is 453. The summed E-state index contributed by atoms with van der Waals surface area (Å²) in [5.41, 5.74) is 0.382. The lowest BCUT2D eigenvalue weighted by Crippen LogP contribution is -2.29. The van der Waals surface area contributed by atoms with Crippen molar-refractivity contribution in [3.05, 3.63) is 34.1 Å². The first kappa shape index (κ1) is 13.5. The maximum atomic E-state index is 13.4. The predicted molar refractivity (Wildman–Crippen MR) is 70.0 cm³/mol. The molecule has 0 aliphatic carbocycles. The van der Waals surface area contributed by atoms with Crippen LogP contribution in [0.15, 0.2) is 22.7 Å². The van der Waals surface area contributed by atoms with Crippen LogP contribution in [0.3, 0.4) is 0 Å². The fraction of sp³-hybridized carbons (Fsp3) is 0.462. The Morgan fingerprint density at radius 1 is 1.61 bits per heavy atom. The van der Waals surface area contributed by atoms with E-state index in [0.29, 0.717) is 31.2 Å².